The van der Waals surface area contributed by atoms with Crippen molar-refractivity contribution in [2.24, 2.45) is 0 Å². The van der Waals surface area contributed by atoms with E-state index in [-0.39, 0.29) is 9.77 Å². The van der Waals surface area contributed by atoms with E-state index in [9.17, 15) is 13.2 Å². The van der Waals surface area contributed by atoms with Crippen LogP contribution in [0.1, 0.15) is 20.8 Å². The normalized spacial score (nSPS) is 11.4. The first kappa shape index (κ1) is 16.3. The first-order valence-electron chi connectivity index (χ1n) is 6.84. The zero-order valence-electron chi connectivity index (χ0n) is 12.8. The second-order valence-corrected chi connectivity index (χ2v) is 7.66. The Morgan fingerprint density at radius 3 is 2.71 bits per heavy atom. The number of carbonyl (C=O) groups is 1. The Morgan fingerprint density at radius 2 is 2.04 bits per heavy atom. The summed E-state index contributed by atoms with van der Waals surface area (Å²) in [6, 6.07) is 6.55. The Hall–Kier alpha value is -2.59. The van der Waals surface area contributed by atoms with Crippen LogP contribution in [0.5, 0.6) is 0 Å². The Kier molecular flexibility index (Phi) is 4.16. The number of thiophene rings is 1. The zero-order valence-corrected chi connectivity index (χ0v) is 14.4. The SMILES string of the molecule is Cc1ccc(S(=O)(=O)NC(=O)c2sccc2-n2cnnn2)c(C)c1. The molecule has 0 saturated heterocycles. The van der Waals surface area contributed by atoms with Crippen molar-refractivity contribution in [3.8, 4) is 5.69 Å². The van der Waals surface area contributed by atoms with E-state index in [1.807, 2.05) is 6.92 Å². The van der Waals surface area contributed by atoms with Gasteiger partial charge in [0.05, 0.1) is 10.6 Å². The lowest BCUT2D eigenvalue weighted by molar-refractivity contribution is 0.0985. The molecule has 0 aliphatic rings. The molecular formula is C14H13N5O3S2. The first-order chi connectivity index (χ1) is 11.4. The molecule has 0 unspecified atom stereocenters. The molecular weight excluding hydrogens is 350 g/mol. The van der Waals surface area contributed by atoms with Gasteiger partial charge in [-0.15, -0.1) is 16.4 Å². The average Bonchev–Trinajstić information content (AvgIpc) is 3.17. The van der Waals surface area contributed by atoms with Crippen LogP contribution in [0.4, 0.5) is 0 Å². The van der Waals surface area contributed by atoms with E-state index in [1.165, 1.54) is 17.1 Å². The van der Waals surface area contributed by atoms with E-state index in [0.717, 1.165) is 16.9 Å². The molecule has 0 atom stereocenters. The number of amides is 1. The number of hydrogen-bond donors (Lipinski definition) is 1. The molecule has 1 amide bonds. The second-order valence-electron chi connectivity index (χ2n) is 5.09. The molecule has 2 aromatic heterocycles. The first-order valence-corrected chi connectivity index (χ1v) is 9.20. The molecule has 0 aliphatic heterocycles. The Balaban J connectivity index is 1.91. The molecule has 0 aliphatic carbocycles. The summed E-state index contributed by atoms with van der Waals surface area (Å²) < 4.78 is 28.4. The lowest BCUT2D eigenvalue weighted by Crippen LogP contribution is -2.31. The lowest BCUT2D eigenvalue weighted by Gasteiger charge is -2.10. The Labute approximate surface area is 142 Å². The van der Waals surface area contributed by atoms with Crippen molar-refractivity contribution in [3.05, 3.63) is 52.0 Å². The molecule has 3 rings (SSSR count). The van der Waals surface area contributed by atoms with Crippen molar-refractivity contribution in [1.82, 2.24) is 24.9 Å². The molecule has 3 aromatic rings. The van der Waals surface area contributed by atoms with Gasteiger partial charge in [0.15, 0.2) is 0 Å². The van der Waals surface area contributed by atoms with Crippen LogP contribution >= 0.6 is 11.3 Å². The summed E-state index contributed by atoms with van der Waals surface area (Å²) in [5.41, 5.74) is 1.93. The fourth-order valence-corrected chi connectivity index (χ4v) is 4.27. The summed E-state index contributed by atoms with van der Waals surface area (Å²) in [5.74, 6) is -0.726. The highest BCUT2D eigenvalue weighted by molar-refractivity contribution is 7.90. The zero-order chi connectivity index (χ0) is 17.3. The van der Waals surface area contributed by atoms with Gasteiger partial charge in [0.2, 0.25) is 0 Å². The van der Waals surface area contributed by atoms with Gasteiger partial charge < -0.3 is 0 Å². The van der Waals surface area contributed by atoms with Crippen LogP contribution in [0.15, 0.2) is 40.9 Å². The number of tetrazole rings is 1. The fourth-order valence-electron chi connectivity index (χ4n) is 2.25. The van der Waals surface area contributed by atoms with E-state index >= 15 is 0 Å². The predicted octanol–water partition coefficient (Wildman–Crippen LogP) is 1.46. The Bertz CT molecular complexity index is 993. The minimum Gasteiger partial charge on any atom is -0.267 e. The van der Waals surface area contributed by atoms with E-state index in [2.05, 4.69) is 20.2 Å². The second kappa shape index (κ2) is 6.13. The van der Waals surface area contributed by atoms with Crippen molar-refractivity contribution in [1.29, 1.82) is 0 Å². The molecule has 0 bridgehead atoms. The summed E-state index contributed by atoms with van der Waals surface area (Å²) in [4.78, 5) is 12.7. The third-order valence-corrected chi connectivity index (χ3v) is 5.69. The van der Waals surface area contributed by atoms with E-state index in [0.29, 0.717) is 11.3 Å². The number of benzene rings is 1. The van der Waals surface area contributed by atoms with Crippen LogP contribution in [0.3, 0.4) is 0 Å². The molecule has 0 fully saturated rings. The number of aryl methyl sites for hydroxylation is 2. The summed E-state index contributed by atoms with van der Waals surface area (Å²) >= 11 is 1.11. The number of nitrogens with zero attached hydrogens (tertiary/aromatic N) is 4. The lowest BCUT2D eigenvalue weighted by atomic mass is 10.2. The average molecular weight is 363 g/mol. The number of sulfonamides is 1. The maximum atomic E-state index is 12.5. The fraction of sp³-hybridized carbons (Fsp3) is 0.143. The van der Waals surface area contributed by atoms with Crippen LogP contribution in [0.2, 0.25) is 0 Å². The third-order valence-electron chi connectivity index (χ3n) is 3.29. The molecule has 0 spiro atoms. The van der Waals surface area contributed by atoms with Gasteiger partial charge in [0.1, 0.15) is 11.2 Å². The highest BCUT2D eigenvalue weighted by atomic mass is 32.2. The van der Waals surface area contributed by atoms with Gasteiger partial charge in [-0.3, -0.25) is 4.79 Å². The van der Waals surface area contributed by atoms with Gasteiger partial charge in [-0.2, -0.15) is 4.68 Å². The number of aromatic nitrogens is 4. The Morgan fingerprint density at radius 1 is 1.25 bits per heavy atom. The van der Waals surface area contributed by atoms with Crippen molar-refractivity contribution in [3.63, 3.8) is 0 Å². The summed E-state index contributed by atoms with van der Waals surface area (Å²) in [6.45, 7) is 3.55. The largest absolute Gasteiger partial charge is 0.277 e. The predicted molar refractivity (Wildman–Crippen MR) is 87.6 cm³/mol. The molecule has 8 nitrogen and oxygen atoms in total. The van der Waals surface area contributed by atoms with Gasteiger partial charge in [0.25, 0.3) is 15.9 Å². The number of hydrogen-bond acceptors (Lipinski definition) is 7. The number of nitrogens with one attached hydrogen (secondary N) is 1. The van der Waals surface area contributed by atoms with E-state index in [4.69, 9.17) is 0 Å². The van der Waals surface area contributed by atoms with Crippen LogP contribution in [-0.4, -0.2) is 34.5 Å². The molecule has 124 valence electrons. The molecule has 1 N–H and O–H groups in total. The molecule has 2 heterocycles. The summed E-state index contributed by atoms with van der Waals surface area (Å²) in [6.07, 6.45) is 1.33. The van der Waals surface area contributed by atoms with Gasteiger partial charge in [-0.05, 0) is 47.4 Å². The van der Waals surface area contributed by atoms with Gasteiger partial charge >= 0.3 is 0 Å². The molecule has 24 heavy (non-hydrogen) atoms. The van der Waals surface area contributed by atoms with E-state index in [1.54, 1.807) is 30.5 Å². The van der Waals surface area contributed by atoms with Crippen LogP contribution < -0.4 is 4.72 Å². The highest BCUT2D eigenvalue weighted by Crippen LogP contribution is 2.22. The third kappa shape index (κ3) is 3.05. The molecule has 1 aromatic carbocycles. The van der Waals surface area contributed by atoms with Crippen molar-refractivity contribution < 1.29 is 13.2 Å². The van der Waals surface area contributed by atoms with Gasteiger partial charge in [-0.1, -0.05) is 17.7 Å². The van der Waals surface area contributed by atoms with E-state index < -0.39 is 15.9 Å². The quantitative estimate of drug-likeness (QED) is 0.752. The topological polar surface area (TPSA) is 107 Å². The summed E-state index contributed by atoms with van der Waals surface area (Å²) in [7, 11) is -3.97. The molecule has 0 saturated carbocycles. The highest BCUT2D eigenvalue weighted by Gasteiger charge is 2.23. The number of carbonyl (C=O) groups excluding carboxylic acids is 1. The number of rotatable bonds is 4. The van der Waals surface area contributed by atoms with Gasteiger partial charge in [-0.25, -0.2) is 13.1 Å². The smallest absolute Gasteiger partial charge is 0.267 e. The van der Waals surface area contributed by atoms with Crippen LogP contribution in [0.25, 0.3) is 5.69 Å². The van der Waals surface area contributed by atoms with Crippen molar-refractivity contribution in [2.45, 2.75) is 18.7 Å². The van der Waals surface area contributed by atoms with Crippen molar-refractivity contribution in [2.75, 3.05) is 0 Å². The standard InChI is InChI=1S/C14H13N5O3S2/c1-9-3-4-12(10(2)7-9)24(21,22)16-14(20)13-11(5-6-23-13)19-8-15-17-18-19/h3-8H,1-2H3,(H,16,20). The summed E-state index contributed by atoms with van der Waals surface area (Å²) in [5, 5.41) is 12.4. The molecule has 10 heteroatoms. The maximum absolute atomic E-state index is 12.5. The monoisotopic (exact) mass is 363 g/mol. The van der Waals surface area contributed by atoms with Crippen LogP contribution in [-0.2, 0) is 10.0 Å². The minimum absolute atomic E-state index is 0.0713. The van der Waals surface area contributed by atoms with Crippen molar-refractivity contribution >= 4 is 27.3 Å². The molecule has 0 radical (unpaired) electrons. The van der Waals surface area contributed by atoms with Gasteiger partial charge in [0, 0.05) is 0 Å². The minimum atomic E-state index is -3.97. The van der Waals surface area contributed by atoms with Crippen LogP contribution in [0, 0.1) is 13.8 Å². The maximum Gasteiger partial charge on any atom is 0.277 e.